The van der Waals surface area contributed by atoms with E-state index in [-0.39, 0.29) is 12.1 Å². The number of nitrogens with zero attached hydrogens (tertiary/aromatic N) is 3. The van der Waals surface area contributed by atoms with Crippen molar-refractivity contribution in [2.75, 3.05) is 0 Å². The van der Waals surface area contributed by atoms with Crippen LogP contribution < -0.4 is 0 Å². The lowest BCUT2D eigenvalue weighted by molar-refractivity contribution is -0.138. The maximum Gasteiger partial charge on any atom is 0.416 e. The highest BCUT2D eigenvalue weighted by Gasteiger charge is 2.40. The number of carbonyl (C=O) groups is 1. The number of hydrogen-bond acceptors (Lipinski definition) is 2. The summed E-state index contributed by atoms with van der Waals surface area (Å²) in [5.41, 5.74) is -2.29. The van der Waals surface area contributed by atoms with E-state index in [0.29, 0.717) is 29.5 Å². The molecule has 0 unspecified atom stereocenters. The molecule has 1 aliphatic rings. The molecule has 0 aliphatic heterocycles. The van der Waals surface area contributed by atoms with E-state index < -0.39 is 53.9 Å². The Labute approximate surface area is 169 Å². The second-order valence-corrected chi connectivity index (χ2v) is 7.17. The van der Waals surface area contributed by atoms with Gasteiger partial charge in [-0.2, -0.15) is 22.7 Å². The first-order chi connectivity index (χ1) is 14.1. The minimum absolute atomic E-state index is 0.0704. The van der Waals surface area contributed by atoms with Crippen molar-refractivity contribution in [1.82, 2.24) is 14.7 Å². The van der Waals surface area contributed by atoms with Gasteiger partial charge in [0.25, 0.3) is 12.3 Å². The van der Waals surface area contributed by atoms with Crippen LogP contribution in [0.4, 0.5) is 26.3 Å². The molecule has 10 heteroatoms. The molecule has 0 bridgehead atoms. The van der Waals surface area contributed by atoms with E-state index in [4.69, 9.17) is 0 Å². The molecule has 0 saturated heterocycles. The van der Waals surface area contributed by atoms with E-state index in [1.165, 1.54) is 19.1 Å². The van der Waals surface area contributed by atoms with Gasteiger partial charge in [-0.3, -0.25) is 4.79 Å². The molecule has 4 nitrogen and oxygen atoms in total. The summed E-state index contributed by atoms with van der Waals surface area (Å²) < 4.78 is 82.5. The fraction of sp³-hybridized carbons (Fsp3) is 0.500. The number of amides is 1. The third-order valence-corrected chi connectivity index (χ3v) is 5.11. The summed E-state index contributed by atoms with van der Waals surface area (Å²) in [6.07, 6.45) is -6.34. The zero-order valence-corrected chi connectivity index (χ0v) is 16.4. The Hall–Kier alpha value is -2.52. The molecule has 0 spiro atoms. The van der Waals surface area contributed by atoms with Crippen molar-refractivity contribution in [3.8, 4) is 0 Å². The molecule has 1 aromatic heterocycles. The van der Waals surface area contributed by atoms with Crippen molar-refractivity contribution in [2.45, 2.75) is 64.8 Å². The first kappa shape index (κ1) is 22.2. The van der Waals surface area contributed by atoms with Crippen LogP contribution in [-0.4, -0.2) is 26.6 Å². The Bertz CT molecular complexity index is 933. The average Bonchev–Trinajstić information content (AvgIpc) is 3.46. The number of aryl methyl sites for hydroxylation is 2. The van der Waals surface area contributed by atoms with Crippen LogP contribution >= 0.6 is 0 Å². The average molecular weight is 433 g/mol. The molecule has 1 amide bonds. The highest BCUT2D eigenvalue weighted by atomic mass is 19.4. The SMILES string of the molecule is CCc1ccc(C(F)(F)F)c(CN(C(=O)c2c(C(F)F)nn(CC)c2F)C2CC2)c1. The van der Waals surface area contributed by atoms with Gasteiger partial charge in [-0.15, -0.1) is 0 Å². The Morgan fingerprint density at radius 2 is 1.93 bits per heavy atom. The molecular weight excluding hydrogens is 412 g/mol. The Morgan fingerprint density at radius 3 is 2.43 bits per heavy atom. The fourth-order valence-electron chi connectivity index (χ4n) is 3.37. The molecule has 1 aromatic carbocycles. The van der Waals surface area contributed by atoms with Gasteiger partial charge in [0.2, 0.25) is 5.95 Å². The predicted molar refractivity (Wildman–Crippen MR) is 96.5 cm³/mol. The third kappa shape index (κ3) is 4.32. The van der Waals surface area contributed by atoms with Gasteiger partial charge in [0.15, 0.2) is 0 Å². The van der Waals surface area contributed by atoms with Crippen LogP contribution in [0.15, 0.2) is 18.2 Å². The highest BCUT2D eigenvalue weighted by Crippen LogP contribution is 2.37. The fourth-order valence-corrected chi connectivity index (χ4v) is 3.37. The van der Waals surface area contributed by atoms with E-state index in [1.807, 2.05) is 0 Å². The lowest BCUT2D eigenvalue weighted by Gasteiger charge is -2.25. The number of rotatable bonds is 7. The van der Waals surface area contributed by atoms with E-state index >= 15 is 0 Å². The predicted octanol–water partition coefficient (Wildman–Crippen LogP) is 5.37. The summed E-state index contributed by atoms with van der Waals surface area (Å²) in [6.45, 7) is 2.73. The van der Waals surface area contributed by atoms with E-state index in [2.05, 4.69) is 5.10 Å². The smallest absolute Gasteiger partial charge is 0.331 e. The van der Waals surface area contributed by atoms with Gasteiger partial charge in [0, 0.05) is 19.1 Å². The Balaban J connectivity index is 2.04. The van der Waals surface area contributed by atoms with Crippen molar-refractivity contribution in [3.63, 3.8) is 0 Å². The number of alkyl halides is 5. The molecule has 0 radical (unpaired) electrons. The van der Waals surface area contributed by atoms with Crippen molar-refractivity contribution in [3.05, 3.63) is 52.1 Å². The highest BCUT2D eigenvalue weighted by molar-refractivity contribution is 5.96. The number of halogens is 6. The van der Waals surface area contributed by atoms with Gasteiger partial charge < -0.3 is 4.90 Å². The Kier molecular flexibility index (Phi) is 6.14. The van der Waals surface area contributed by atoms with E-state index in [9.17, 15) is 31.1 Å². The summed E-state index contributed by atoms with van der Waals surface area (Å²) in [5, 5.41) is 3.47. The summed E-state index contributed by atoms with van der Waals surface area (Å²) >= 11 is 0. The summed E-state index contributed by atoms with van der Waals surface area (Å²) in [6, 6.07) is 3.23. The van der Waals surface area contributed by atoms with Crippen LogP contribution in [0.3, 0.4) is 0 Å². The van der Waals surface area contributed by atoms with Gasteiger partial charge in [-0.05, 0) is 43.4 Å². The van der Waals surface area contributed by atoms with Gasteiger partial charge in [0.1, 0.15) is 11.3 Å². The molecule has 1 fully saturated rings. The van der Waals surface area contributed by atoms with E-state index in [1.54, 1.807) is 6.92 Å². The normalized spacial score (nSPS) is 14.4. The van der Waals surface area contributed by atoms with Crippen molar-refractivity contribution < 1.29 is 31.1 Å². The van der Waals surface area contributed by atoms with Crippen LogP contribution in [0, 0.1) is 5.95 Å². The maximum atomic E-state index is 14.6. The molecule has 0 N–H and O–H groups in total. The molecule has 0 atom stereocenters. The zero-order chi connectivity index (χ0) is 22.2. The molecule has 2 aromatic rings. The van der Waals surface area contributed by atoms with Crippen LogP contribution in [0.1, 0.15) is 65.9 Å². The van der Waals surface area contributed by atoms with Gasteiger partial charge in [0.05, 0.1) is 5.56 Å². The molecule has 3 rings (SSSR count). The zero-order valence-electron chi connectivity index (χ0n) is 16.4. The van der Waals surface area contributed by atoms with Crippen LogP contribution in [-0.2, 0) is 25.7 Å². The lowest BCUT2D eigenvalue weighted by Crippen LogP contribution is -2.34. The van der Waals surface area contributed by atoms with Crippen molar-refractivity contribution >= 4 is 5.91 Å². The van der Waals surface area contributed by atoms with E-state index in [0.717, 1.165) is 11.0 Å². The third-order valence-electron chi connectivity index (χ3n) is 5.11. The Morgan fingerprint density at radius 1 is 1.27 bits per heavy atom. The van der Waals surface area contributed by atoms with Crippen molar-refractivity contribution in [1.29, 1.82) is 0 Å². The van der Waals surface area contributed by atoms with Gasteiger partial charge in [-0.1, -0.05) is 19.1 Å². The first-order valence-corrected chi connectivity index (χ1v) is 9.62. The number of hydrogen-bond donors (Lipinski definition) is 0. The largest absolute Gasteiger partial charge is 0.416 e. The standard InChI is InChI=1S/C20H21F6N3O/c1-3-11-5-8-14(20(24,25)26)12(9-11)10-28(13-6-7-13)19(30)15-16(17(21)22)27-29(4-2)18(15)23/h5,8-9,13,17H,3-4,6-7,10H2,1-2H3. The lowest BCUT2D eigenvalue weighted by atomic mass is 10.0. The first-order valence-electron chi connectivity index (χ1n) is 9.62. The van der Waals surface area contributed by atoms with Gasteiger partial charge in [-0.25, -0.2) is 13.5 Å². The quantitative estimate of drug-likeness (QED) is 0.551. The number of carbonyl (C=O) groups excluding carboxylic acids is 1. The molecule has 1 heterocycles. The maximum absolute atomic E-state index is 14.6. The molecule has 164 valence electrons. The number of aromatic nitrogens is 2. The minimum Gasteiger partial charge on any atom is -0.331 e. The van der Waals surface area contributed by atoms with Crippen LogP contribution in [0.2, 0.25) is 0 Å². The van der Waals surface area contributed by atoms with Gasteiger partial charge >= 0.3 is 6.18 Å². The second kappa shape index (κ2) is 8.31. The number of benzene rings is 1. The second-order valence-electron chi connectivity index (χ2n) is 7.17. The summed E-state index contributed by atoms with van der Waals surface area (Å²) in [4.78, 5) is 14.1. The summed E-state index contributed by atoms with van der Waals surface area (Å²) in [7, 11) is 0. The minimum atomic E-state index is -4.65. The van der Waals surface area contributed by atoms with Crippen molar-refractivity contribution in [2.24, 2.45) is 0 Å². The topological polar surface area (TPSA) is 38.1 Å². The molecule has 30 heavy (non-hydrogen) atoms. The monoisotopic (exact) mass is 433 g/mol. The van der Waals surface area contributed by atoms with Crippen LogP contribution in [0.25, 0.3) is 0 Å². The summed E-state index contributed by atoms with van der Waals surface area (Å²) in [5.74, 6) is -2.28. The molecule has 1 saturated carbocycles. The van der Waals surface area contributed by atoms with Crippen LogP contribution in [0.5, 0.6) is 0 Å². The molecule has 1 aliphatic carbocycles. The molecular formula is C20H21F6N3O.